The lowest BCUT2D eigenvalue weighted by molar-refractivity contribution is -0.143. The molecule has 29 heavy (non-hydrogen) atoms. The summed E-state index contributed by atoms with van der Waals surface area (Å²) in [4.78, 5) is 46.5. The number of aldehydes is 1. The Kier molecular flexibility index (Phi) is 37.7. The van der Waals surface area contributed by atoms with Gasteiger partial charge in [0.15, 0.2) is 0 Å². The third-order valence-corrected chi connectivity index (χ3v) is 3.72. The predicted molar refractivity (Wildman–Crippen MR) is 145 cm³/mol. The number of ketones is 2. The number of carbonyl (C=O) groups is 4. The Bertz CT molecular complexity index is 433. The van der Waals surface area contributed by atoms with Crippen molar-refractivity contribution in [3.8, 4) is 0 Å². The van der Waals surface area contributed by atoms with Gasteiger partial charge in [0.25, 0.3) is 0 Å². The zero-order valence-electron chi connectivity index (χ0n) is 15.5. The topological polar surface area (TPSA) is 128 Å². The molecular weight excluding hydrogens is 535 g/mol. The Morgan fingerprint density at radius 3 is 1.76 bits per heavy atom. The summed E-state index contributed by atoms with van der Waals surface area (Å²) in [7, 11) is 0. The molecule has 0 radical (unpaired) electrons. The second kappa shape index (κ2) is 29.2. The van der Waals surface area contributed by atoms with Gasteiger partial charge in [-0.2, -0.15) is 25.3 Å². The van der Waals surface area contributed by atoms with Crippen LogP contribution in [0.4, 0.5) is 0 Å². The molecule has 0 heterocycles. The molecule has 0 aromatic rings. The van der Waals surface area contributed by atoms with E-state index < -0.39 is 35.7 Å². The lowest BCUT2D eigenvalue weighted by atomic mass is 10.0. The van der Waals surface area contributed by atoms with Crippen molar-refractivity contribution >= 4 is 119 Å². The lowest BCUT2D eigenvalue weighted by Gasteiger charge is -2.21. The van der Waals surface area contributed by atoms with E-state index >= 15 is 0 Å². The second-order valence-corrected chi connectivity index (χ2v) is 5.35. The van der Waals surface area contributed by atoms with Crippen LogP contribution < -0.4 is 16.6 Å². The average Bonchev–Trinajstić information content (AvgIpc) is 2.78. The molecule has 0 saturated heterocycles. The van der Waals surface area contributed by atoms with Gasteiger partial charge in [0.05, 0.1) is 24.7 Å². The van der Waals surface area contributed by atoms with Crippen LogP contribution in [-0.2, 0) is 23.9 Å². The molecule has 0 spiro atoms. The van der Waals surface area contributed by atoms with Crippen molar-refractivity contribution in [2.75, 3.05) is 18.1 Å². The standard InChI is InChI=1S/C13H23N3O5S2.3H2S2/c1-2-21-11(18)4-3-8(5-17)15-9(6-22)12(19)13(20)10(7-23)16-14;3*1-2/h5,8-10,15-16,22-23H,2-4,6-7,14H2,1H3;3*1-2H/t8?,9-,10-;;;/m0.../s1. The third-order valence-electron chi connectivity index (χ3n) is 2.99. The third kappa shape index (κ3) is 19.6. The molecule has 0 rings (SSSR count). The molecule has 4 N–H and O–H groups in total. The average molecular weight is 564 g/mol. The minimum absolute atomic E-state index is 0.0121. The Morgan fingerprint density at radius 1 is 0.966 bits per heavy atom. The van der Waals surface area contributed by atoms with Crippen molar-refractivity contribution < 1.29 is 23.9 Å². The van der Waals surface area contributed by atoms with Gasteiger partial charge in [0, 0.05) is 17.9 Å². The molecule has 8 nitrogen and oxygen atoms in total. The summed E-state index contributed by atoms with van der Waals surface area (Å²) in [5.74, 6) is 3.32. The second-order valence-electron chi connectivity index (χ2n) is 4.62. The summed E-state index contributed by atoms with van der Waals surface area (Å²) < 4.78 is 4.76. The molecular formula is C13H29N3O5S8. The van der Waals surface area contributed by atoms with Gasteiger partial charge in [-0.1, -0.05) is 0 Å². The van der Waals surface area contributed by atoms with E-state index in [0.29, 0.717) is 6.29 Å². The van der Waals surface area contributed by atoms with Crippen molar-refractivity contribution in [1.82, 2.24) is 10.7 Å². The molecule has 0 bridgehead atoms. The maximum atomic E-state index is 12.1. The fourth-order valence-electron chi connectivity index (χ4n) is 1.72. The molecule has 16 heteroatoms. The molecule has 0 aliphatic rings. The molecule has 1 unspecified atom stereocenters. The van der Waals surface area contributed by atoms with Crippen LogP contribution in [0.5, 0.6) is 0 Å². The molecule has 0 aromatic heterocycles. The van der Waals surface area contributed by atoms with Gasteiger partial charge in [-0.15, -0.1) is 70.0 Å². The van der Waals surface area contributed by atoms with Crippen LogP contribution in [0, 0.1) is 0 Å². The Labute approximate surface area is 214 Å². The van der Waals surface area contributed by atoms with Gasteiger partial charge >= 0.3 is 5.97 Å². The number of esters is 1. The fourth-order valence-corrected chi connectivity index (χ4v) is 2.26. The number of ether oxygens (including phenoxy) is 1. The van der Waals surface area contributed by atoms with E-state index in [1.54, 1.807) is 6.92 Å². The van der Waals surface area contributed by atoms with Crippen molar-refractivity contribution in [2.24, 2.45) is 5.84 Å². The summed E-state index contributed by atoms with van der Waals surface area (Å²) in [6.45, 7) is 1.93. The first-order chi connectivity index (χ1) is 13.9. The highest BCUT2D eigenvalue weighted by atomic mass is 33.1. The highest BCUT2D eigenvalue weighted by Gasteiger charge is 2.30. The molecule has 0 aliphatic heterocycles. The minimum atomic E-state index is -0.959. The van der Waals surface area contributed by atoms with Crippen molar-refractivity contribution in [1.29, 1.82) is 0 Å². The van der Waals surface area contributed by atoms with Gasteiger partial charge in [-0.25, -0.2) is 5.43 Å². The zero-order valence-corrected chi connectivity index (χ0v) is 22.7. The highest BCUT2D eigenvalue weighted by molar-refractivity contribution is 8.60. The summed E-state index contributed by atoms with van der Waals surface area (Å²) >= 11 is 27.3. The van der Waals surface area contributed by atoms with Crippen LogP contribution in [0.2, 0.25) is 0 Å². The Hall–Kier alpha value is 1.16. The van der Waals surface area contributed by atoms with E-state index in [4.69, 9.17) is 10.6 Å². The van der Waals surface area contributed by atoms with Crippen LogP contribution in [0.15, 0.2) is 0 Å². The quantitative estimate of drug-likeness (QED) is 0.0305. The van der Waals surface area contributed by atoms with Crippen LogP contribution in [-0.4, -0.2) is 60.1 Å². The van der Waals surface area contributed by atoms with E-state index in [2.05, 4.69) is 106 Å². The molecule has 0 fully saturated rings. The van der Waals surface area contributed by atoms with Gasteiger partial charge in [0.2, 0.25) is 11.6 Å². The number of thiol groups is 8. The van der Waals surface area contributed by atoms with E-state index in [1.165, 1.54) is 0 Å². The number of nitrogens with two attached hydrogens (primary N) is 1. The lowest BCUT2D eigenvalue weighted by Crippen LogP contribution is -2.53. The molecule has 0 aliphatic carbocycles. The van der Waals surface area contributed by atoms with Crippen molar-refractivity contribution in [2.45, 2.75) is 37.9 Å². The van der Waals surface area contributed by atoms with Crippen molar-refractivity contribution in [3.05, 3.63) is 0 Å². The summed E-state index contributed by atoms with van der Waals surface area (Å²) in [5, 5.41) is 2.72. The first-order valence-corrected chi connectivity index (χ1v) is 13.7. The number of hydrogen-bond acceptors (Lipinski definition) is 16. The van der Waals surface area contributed by atoms with E-state index in [1.807, 2.05) is 0 Å². The molecule has 0 amide bonds. The smallest absolute Gasteiger partial charge is 0.305 e. The molecule has 0 aromatic carbocycles. The molecule has 174 valence electrons. The van der Waals surface area contributed by atoms with E-state index in [9.17, 15) is 19.2 Å². The number of Topliss-reactive ketones (excluding diaryl/α,β-unsaturated/α-hetero) is 2. The van der Waals surface area contributed by atoms with E-state index in [-0.39, 0.29) is 31.0 Å². The van der Waals surface area contributed by atoms with Crippen LogP contribution in [0.1, 0.15) is 19.8 Å². The summed E-state index contributed by atoms with van der Waals surface area (Å²) in [5.41, 5.74) is 2.20. The Balaban J connectivity index is -0.000000472. The van der Waals surface area contributed by atoms with Gasteiger partial charge in [0.1, 0.15) is 6.29 Å². The van der Waals surface area contributed by atoms with Crippen molar-refractivity contribution in [3.63, 3.8) is 0 Å². The van der Waals surface area contributed by atoms with Gasteiger partial charge in [-0.05, 0) is 13.3 Å². The maximum Gasteiger partial charge on any atom is 0.305 e. The predicted octanol–water partition coefficient (Wildman–Crippen LogP) is 0.968. The first-order valence-electron chi connectivity index (χ1n) is 7.67. The number of hydrazine groups is 1. The minimum Gasteiger partial charge on any atom is -0.466 e. The highest BCUT2D eigenvalue weighted by Crippen LogP contribution is 2.03. The number of rotatable bonds is 13. The first kappa shape index (κ1) is 37.5. The Morgan fingerprint density at radius 2 is 1.41 bits per heavy atom. The SMILES string of the molecule is CCOC(=O)CCC(C=O)N[C@@H](CS)C(=O)C(=O)[C@H](CS)NN.SS.SS.SS. The van der Waals surface area contributed by atoms with Gasteiger partial charge in [-0.3, -0.25) is 25.5 Å². The summed E-state index contributed by atoms with van der Waals surface area (Å²) in [6.07, 6.45) is 0.749. The maximum absolute atomic E-state index is 12.1. The van der Waals surface area contributed by atoms with Crippen LogP contribution in [0.25, 0.3) is 0 Å². The normalized spacial score (nSPS) is 12.2. The monoisotopic (exact) mass is 563 g/mol. The fraction of sp³-hybridized carbons (Fsp3) is 0.692. The number of carbonyl (C=O) groups excluding carboxylic acids is 4. The molecule has 3 atom stereocenters. The summed E-state index contributed by atoms with van der Waals surface area (Å²) in [6, 6.07) is -2.64. The van der Waals surface area contributed by atoms with E-state index in [0.717, 1.165) is 0 Å². The largest absolute Gasteiger partial charge is 0.466 e. The van der Waals surface area contributed by atoms with Gasteiger partial charge < -0.3 is 9.53 Å². The van der Waals surface area contributed by atoms with Crippen LogP contribution in [0.3, 0.4) is 0 Å². The number of nitrogens with one attached hydrogen (secondary N) is 2. The number of hydrogen-bond donors (Lipinski definition) is 11. The zero-order chi connectivity index (χ0) is 23.8. The molecule has 0 saturated carbocycles. The van der Waals surface area contributed by atoms with Crippen LogP contribution >= 0.6 is 95.2 Å².